The first-order valence-electron chi connectivity index (χ1n) is 12.7. The van der Waals surface area contributed by atoms with E-state index in [2.05, 4.69) is 40.3 Å². The van der Waals surface area contributed by atoms with Gasteiger partial charge in [0.25, 0.3) is 11.5 Å². The Morgan fingerprint density at radius 2 is 1.89 bits per heavy atom. The van der Waals surface area contributed by atoms with E-state index in [-0.39, 0.29) is 30.4 Å². The minimum absolute atomic E-state index is 0. The Balaban J connectivity index is 0.00000342. The van der Waals surface area contributed by atoms with Crippen molar-refractivity contribution >= 4 is 24.0 Å². The molecule has 3 heterocycles. The van der Waals surface area contributed by atoms with Crippen molar-refractivity contribution in [2.24, 2.45) is 0 Å². The number of allylic oxidation sites excluding steroid dienone is 2. The van der Waals surface area contributed by atoms with Crippen LogP contribution in [0, 0.1) is 6.92 Å². The molecule has 4 rings (SSSR count). The van der Waals surface area contributed by atoms with E-state index in [1.807, 2.05) is 25.1 Å². The smallest absolute Gasteiger partial charge is 0.253 e. The van der Waals surface area contributed by atoms with E-state index in [0.29, 0.717) is 17.2 Å². The number of hydrogen-bond donors (Lipinski definition) is 2. The van der Waals surface area contributed by atoms with Crippen LogP contribution < -0.4 is 15.8 Å². The molecule has 0 bridgehead atoms. The van der Waals surface area contributed by atoms with Crippen molar-refractivity contribution in [1.82, 2.24) is 10.3 Å². The van der Waals surface area contributed by atoms with Gasteiger partial charge < -0.3 is 19.9 Å². The molecule has 7 heteroatoms. The molecule has 2 aliphatic heterocycles. The van der Waals surface area contributed by atoms with E-state index in [0.717, 1.165) is 87.2 Å². The number of carbonyl (C=O) groups excluding carboxylic acids is 1. The largest absolute Gasteiger partial charge is 0.381 e. The third kappa shape index (κ3) is 6.56. The van der Waals surface area contributed by atoms with Gasteiger partial charge in [-0.3, -0.25) is 9.59 Å². The van der Waals surface area contributed by atoms with Crippen LogP contribution in [-0.4, -0.2) is 36.7 Å². The molecule has 0 radical (unpaired) electrons. The number of aryl methyl sites for hydroxylation is 2. The third-order valence-electron chi connectivity index (χ3n) is 7.02. The van der Waals surface area contributed by atoms with Gasteiger partial charge in [-0.2, -0.15) is 0 Å². The van der Waals surface area contributed by atoms with Gasteiger partial charge in [-0.25, -0.2) is 0 Å². The molecule has 0 spiro atoms. The summed E-state index contributed by atoms with van der Waals surface area (Å²) >= 11 is 0. The number of amides is 1. The molecule has 2 N–H and O–H groups in total. The summed E-state index contributed by atoms with van der Waals surface area (Å²) in [7, 11) is 0. The van der Waals surface area contributed by atoms with E-state index < -0.39 is 0 Å². The molecule has 2 aromatic rings. The van der Waals surface area contributed by atoms with Crippen LogP contribution in [0.15, 0.2) is 41.2 Å². The SMILES string of the molecule is CCN(c1cccc2c1CC=CCCCCc1cc(C)[nH]c(=O)c1CNC2=O)C1CCOCC1.Cl. The highest BCUT2D eigenvalue weighted by Crippen LogP contribution is 2.30. The Bertz CT molecular complexity index is 1090. The maximum absolute atomic E-state index is 13.4. The summed E-state index contributed by atoms with van der Waals surface area (Å²) in [5.41, 5.74) is 5.34. The third-order valence-corrected chi connectivity index (χ3v) is 7.02. The van der Waals surface area contributed by atoms with E-state index in [1.54, 1.807) is 0 Å². The van der Waals surface area contributed by atoms with Gasteiger partial charge in [-0.1, -0.05) is 18.2 Å². The van der Waals surface area contributed by atoms with Gasteiger partial charge >= 0.3 is 0 Å². The van der Waals surface area contributed by atoms with Crippen LogP contribution in [0.4, 0.5) is 5.69 Å². The van der Waals surface area contributed by atoms with Crippen molar-refractivity contribution in [3.63, 3.8) is 0 Å². The number of halogens is 1. The number of anilines is 1. The van der Waals surface area contributed by atoms with Gasteiger partial charge in [-0.15, -0.1) is 12.4 Å². The second-order valence-corrected chi connectivity index (χ2v) is 9.32. The predicted octanol–water partition coefficient (Wildman–Crippen LogP) is 4.87. The second kappa shape index (κ2) is 12.9. The average Bonchev–Trinajstić information content (AvgIpc) is 2.84. The number of fused-ring (bicyclic) bond motifs is 2. The van der Waals surface area contributed by atoms with Crippen molar-refractivity contribution < 1.29 is 9.53 Å². The van der Waals surface area contributed by atoms with Crippen LogP contribution in [0.25, 0.3) is 0 Å². The van der Waals surface area contributed by atoms with Gasteiger partial charge in [0.05, 0.1) is 0 Å². The van der Waals surface area contributed by atoms with Crippen LogP contribution in [-0.2, 0) is 24.1 Å². The fourth-order valence-corrected chi connectivity index (χ4v) is 5.26. The van der Waals surface area contributed by atoms with Crippen molar-refractivity contribution in [2.45, 2.75) is 71.4 Å². The summed E-state index contributed by atoms with van der Waals surface area (Å²) < 4.78 is 5.59. The predicted molar refractivity (Wildman–Crippen MR) is 144 cm³/mol. The van der Waals surface area contributed by atoms with E-state index in [9.17, 15) is 9.59 Å². The summed E-state index contributed by atoms with van der Waals surface area (Å²) in [5.74, 6) is -0.128. The Morgan fingerprint density at radius 3 is 2.66 bits per heavy atom. The van der Waals surface area contributed by atoms with E-state index in [4.69, 9.17) is 4.74 Å². The minimum atomic E-state index is -0.128. The number of nitrogens with zero attached hydrogens (tertiary/aromatic N) is 1. The van der Waals surface area contributed by atoms with Gasteiger partial charge in [-0.05, 0) is 88.1 Å². The summed E-state index contributed by atoms with van der Waals surface area (Å²) in [5, 5.41) is 3.05. The molecule has 1 aromatic carbocycles. The maximum Gasteiger partial charge on any atom is 0.253 e. The molecule has 0 saturated carbocycles. The molecule has 0 atom stereocenters. The summed E-state index contributed by atoms with van der Waals surface area (Å²) in [4.78, 5) is 31.5. The van der Waals surface area contributed by atoms with Crippen LogP contribution >= 0.6 is 12.4 Å². The van der Waals surface area contributed by atoms with Crippen molar-refractivity contribution in [2.75, 3.05) is 24.7 Å². The number of pyridine rings is 1. The quantitative estimate of drug-likeness (QED) is 0.591. The van der Waals surface area contributed by atoms with Gasteiger partial charge in [0.2, 0.25) is 0 Å². The average molecular weight is 500 g/mol. The van der Waals surface area contributed by atoms with Gasteiger partial charge in [0, 0.05) is 54.9 Å². The van der Waals surface area contributed by atoms with E-state index in [1.165, 1.54) is 0 Å². The highest BCUT2D eigenvalue weighted by molar-refractivity contribution is 5.97. The van der Waals surface area contributed by atoms with Crippen molar-refractivity contribution in [1.29, 1.82) is 0 Å². The fourth-order valence-electron chi connectivity index (χ4n) is 5.26. The molecule has 1 fully saturated rings. The van der Waals surface area contributed by atoms with Gasteiger partial charge in [0.1, 0.15) is 0 Å². The van der Waals surface area contributed by atoms with Gasteiger partial charge in [0.15, 0.2) is 0 Å². The Morgan fingerprint density at radius 1 is 1.09 bits per heavy atom. The molecule has 35 heavy (non-hydrogen) atoms. The topological polar surface area (TPSA) is 74.4 Å². The molecule has 0 unspecified atom stereocenters. The molecule has 2 aliphatic rings. The zero-order valence-electron chi connectivity index (χ0n) is 20.9. The summed E-state index contributed by atoms with van der Waals surface area (Å²) in [6.45, 7) is 6.77. The number of nitrogens with one attached hydrogen (secondary N) is 2. The first kappa shape index (κ1) is 27.0. The number of H-pyrrole nitrogens is 1. The molecular weight excluding hydrogens is 462 g/mol. The number of aromatic amines is 1. The van der Waals surface area contributed by atoms with Crippen LogP contribution in [0.1, 0.15) is 71.8 Å². The minimum Gasteiger partial charge on any atom is -0.381 e. The molecule has 0 aliphatic carbocycles. The Labute approximate surface area is 214 Å². The molecule has 190 valence electrons. The monoisotopic (exact) mass is 499 g/mol. The maximum atomic E-state index is 13.4. The lowest BCUT2D eigenvalue weighted by molar-refractivity contribution is 0.0845. The number of carbonyl (C=O) groups is 1. The Kier molecular flexibility index (Phi) is 9.99. The van der Waals surface area contributed by atoms with E-state index >= 15 is 0 Å². The van der Waals surface area contributed by atoms with Crippen molar-refractivity contribution in [3.8, 4) is 0 Å². The lowest BCUT2D eigenvalue weighted by Gasteiger charge is -2.37. The molecule has 1 aromatic heterocycles. The molecule has 1 amide bonds. The lowest BCUT2D eigenvalue weighted by Crippen LogP contribution is -2.40. The second-order valence-electron chi connectivity index (χ2n) is 9.32. The number of ether oxygens (including phenoxy) is 1. The molecular formula is C28H38ClN3O3. The number of hydrogen-bond acceptors (Lipinski definition) is 4. The van der Waals surface area contributed by atoms with Crippen LogP contribution in [0.3, 0.4) is 0 Å². The molecule has 1 saturated heterocycles. The first-order valence-corrected chi connectivity index (χ1v) is 12.7. The fraction of sp³-hybridized carbons (Fsp3) is 0.500. The van der Waals surface area contributed by atoms with Crippen LogP contribution in [0.5, 0.6) is 0 Å². The van der Waals surface area contributed by atoms with Crippen LogP contribution in [0.2, 0.25) is 0 Å². The number of aromatic nitrogens is 1. The summed E-state index contributed by atoms with van der Waals surface area (Å²) in [6, 6.07) is 8.49. The first-order chi connectivity index (χ1) is 16.6. The highest BCUT2D eigenvalue weighted by Gasteiger charge is 2.25. The highest BCUT2D eigenvalue weighted by atomic mass is 35.5. The Hall–Kier alpha value is -2.57. The molecule has 6 nitrogen and oxygen atoms in total. The standard InChI is InChI=1S/C28H37N3O3.ClH/c1-3-31(22-14-16-34-17-15-22)26-13-9-12-24-23(26)11-8-6-4-5-7-10-21-18-20(2)30-28(33)25(21)19-29-27(24)32;/h6,8-9,12-13,18,22H,3-5,7,10-11,14-17,19H2,1-2H3,(H,29,32)(H,30,33);1H. The summed E-state index contributed by atoms with van der Waals surface area (Å²) in [6.07, 6.45) is 11.1. The lowest BCUT2D eigenvalue weighted by atomic mass is 9.96. The normalized spacial score (nSPS) is 17.4. The number of benzene rings is 1. The number of rotatable bonds is 3. The zero-order chi connectivity index (χ0) is 23.9. The van der Waals surface area contributed by atoms with Crippen molar-refractivity contribution in [3.05, 3.63) is 74.7 Å². The zero-order valence-corrected chi connectivity index (χ0v) is 21.7.